The molecule has 0 saturated carbocycles. The SMILES string of the molecule is CC(C)(C)c1ccc(-c2csc(NC(=O)C=Cc3cccc(Cl)c3)n2)cc1. The van der Waals surface area contributed by atoms with Crippen molar-refractivity contribution in [3.8, 4) is 11.3 Å². The van der Waals surface area contributed by atoms with Crippen LogP contribution in [0.3, 0.4) is 0 Å². The largest absolute Gasteiger partial charge is 0.298 e. The van der Waals surface area contributed by atoms with Crippen molar-refractivity contribution in [2.75, 3.05) is 5.32 Å². The summed E-state index contributed by atoms with van der Waals surface area (Å²) in [4.78, 5) is 16.6. The fourth-order valence-electron chi connectivity index (χ4n) is 2.53. The van der Waals surface area contributed by atoms with E-state index in [2.05, 4.69) is 55.3 Å². The average Bonchev–Trinajstić information content (AvgIpc) is 3.08. The molecule has 0 radical (unpaired) electrons. The van der Waals surface area contributed by atoms with Crippen molar-refractivity contribution < 1.29 is 4.79 Å². The molecule has 27 heavy (non-hydrogen) atoms. The Hall–Kier alpha value is -2.43. The molecule has 0 atom stereocenters. The zero-order valence-electron chi connectivity index (χ0n) is 15.5. The third kappa shape index (κ3) is 5.28. The number of hydrogen-bond acceptors (Lipinski definition) is 3. The van der Waals surface area contributed by atoms with Gasteiger partial charge in [-0.05, 0) is 34.8 Å². The van der Waals surface area contributed by atoms with Gasteiger partial charge in [0.1, 0.15) is 0 Å². The van der Waals surface area contributed by atoms with Crippen LogP contribution < -0.4 is 5.32 Å². The first kappa shape index (κ1) is 19.3. The highest BCUT2D eigenvalue weighted by Gasteiger charge is 2.14. The number of hydrogen-bond donors (Lipinski definition) is 1. The van der Waals surface area contributed by atoms with E-state index in [0.29, 0.717) is 10.2 Å². The smallest absolute Gasteiger partial charge is 0.250 e. The second kappa shape index (κ2) is 8.07. The van der Waals surface area contributed by atoms with E-state index in [1.165, 1.54) is 23.0 Å². The van der Waals surface area contributed by atoms with Gasteiger partial charge in [0, 0.05) is 22.0 Å². The highest BCUT2D eigenvalue weighted by molar-refractivity contribution is 7.14. The predicted molar refractivity (Wildman–Crippen MR) is 115 cm³/mol. The minimum absolute atomic E-state index is 0.120. The first-order chi connectivity index (χ1) is 12.8. The molecule has 3 nitrogen and oxygen atoms in total. The molecule has 0 spiro atoms. The van der Waals surface area contributed by atoms with Crippen molar-refractivity contribution in [2.45, 2.75) is 26.2 Å². The topological polar surface area (TPSA) is 42.0 Å². The van der Waals surface area contributed by atoms with Crippen LogP contribution in [0.1, 0.15) is 31.9 Å². The molecule has 0 bridgehead atoms. The van der Waals surface area contributed by atoms with E-state index >= 15 is 0 Å². The first-order valence-corrected chi connectivity index (χ1v) is 9.88. The van der Waals surface area contributed by atoms with Gasteiger partial charge in [-0.3, -0.25) is 10.1 Å². The molecule has 1 heterocycles. The maximum absolute atomic E-state index is 12.1. The highest BCUT2D eigenvalue weighted by atomic mass is 35.5. The second-order valence-electron chi connectivity index (χ2n) is 7.24. The van der Waals surface area contributed by atoms with Crippen LogP contribution in [0.4, 0.5) is 5.13 Å². The Balaban J connectivity index is 1.66. The Kier molecular flexibility index (Phi) is 5.78. The number of nitrogens with zero attached hydrogens (tertiary/aromatic N) is 1. The lowest BCUT2D eigenvalue weighted by molar-refractivity contribution is -0.111. The lowest BCUT2D eigenvalue weighted by Gasteiger charge is -2.18. The fourth-order valence-corrected chi connectivity index (χ4v) is 3.46. The molecular weight excluding hydrogens is 376 g/mol. The summed E-state index contributed by atoms with van der Waals surface area (Å²) in [7, 11) is 0. The number of anilines is 1. The number of aromatic nitrogens is 1. The van der Waals surface area contributed by atoms with Gasteiger partial charge >= 0.3 is 0 Å². The van der Waals surface area contributed by atoms with Gasteiger partial charge in [0.15, 0.2) is 5.13 Å². The Labute approximate surface area is 168 Å². The molecule has 1 aromatic heterocycles. The molecule has 3 rings (SSSR count). The van der Waals surface area contributed by atoms with E-state index in [0.717, 1.165) is 16.8 Å². The van der Waals surface area contributed by atoms with Gasteiger partial charge in [-0.2, -0.15) is 0 Å². The lowest BCUT2D eigenvalue weighted by Crippen LogP contribution is -2.10. The van der Waals surface area contributed by atoms with Crippen LogP contribution in [0.2, 0.25) is 5.02 Å². The monoisotopic (exact) mass is 396 g/mol. The van der Waals surface area contributed by atoms with Crippen LogP contribution in [0.5, 0.6) is 0 Å². The van der Waals surface area contributed by atoms with E-state index in [1.807, 2.05) is 17.5 Å². The predicted octanol–water partition coefficient (Wildman–Crippen LogP) is 6.41. The molecule has 5 heteroatoms. The van der Waals surface area contributed by atoms with Crippen LogP contribution in [0.25, 0.3) is 17.3 Å². The summed E-state index contributed by atoms with van der Waals surface area (Å²) in [6.45, 7) is 6.57. The molecule has 0 saturated heterocycles. The molecule has 0 unspecified atom stereocenters. The van der Waals surface area contributed by atoms with Gasteiger partial charge in [0.05, 0.1) is 5.69 Å². The standard InChI is InChI=1S/C22H21ClN2OS/c1-22(2,3)17-10-8-16(9-11-17)19-14-27-21(24-19)25-20(26)12-7-15-5-4-6-18(23)13-15/h4-14H,1-3H3,(H,24,25,26). The molecule has 3 aromatic rings. The van der Waals surface area contributed by atoms with Crippen LogP contribution in [-0.4, -0.2) is 10.9 Å². The van der Waals surface area contributed by atoms with E-state index in [1.54, 1.807) is 18.2 Å². The normalized spacial score (nSPS) is 11.7. The molecule has 2 aromatic carbocycles. The third-order valence-electron chi connectivity index (χ3n) is 4.06. The Morgan fingerprint density at radius 3 is 2.56 bits per heavy atom. The van der Waals surface area contributed by atoms with Crippen molar-refractivity contribution in [1.29, 1.82) is 0 Å². The summed E-state index contributed by atoms with van der Waals surface area (Å²) in [5.41, 5.74) is 4.16. The number of carbonyl (C=O) groups is 1. The molecular formula is C22H21ClN2OS. The molecule has 0 aliphatic carbocycles. The van der Waals surface area contributed by atoms with Crippen molar-refractivity contribution in [3.05, 3.63) is 76.1 Å². The van der Waals surface area contributed by atoms with Crippen molar-refractivity contribution in [1.82, 2.24) is 4.98 Å². The second-order valence-corrected chi connectivity index (χ2v) is 8.54. The zero-order valence-corrected chi connectivity index (χ0v) is 17.1. The summed E-state index contributed by atoms with van der Waals surface area (Å²) in [5.74, 6) is -0.223. The van der Waals surface area contributed by atoms with E-state index < -0.39 is 0 Å². The molecule has 0 aliphatic heterocycles. The summed E-state index contributed by atoms with van der Waals surface area (Å²) < 4.78 is 0. The van der Waals surface area contributed by atoms with E-state index in [9.17, 15) is 4.79 Å². The molecule has 0 aliphatic rings. The molecule has 138 valence electrons. The van der Waals surface area contributed by atoms with Gasteiger partial charge in [-0.1, -0.05) is 68.8 Å². The van der Waals surface area contributed by atoms with E-state index in [-0.39, 0.29) is 11.3 Å². The van der Waals surface area contributed by atoms with Crippen molar-refractivity contribution in [2.24, 2.45) is 0 Å². The molecule has 0 fully saturated rings. The van der Waals surface area contributed by atoms with Gasteiger partial charge in [-0.25, -0.2) is 4.98 Å². The minimum Gasteiger partial charge on any atom is -0.298 e. The highest BCUT2D eigenvalue weighted by Crippen LogP contribution is 2.28. The Morgan fingerprint density at radius 1 is 1.15 bits per heavy atom. The molecule has 1 amide bonds. The number of thiazole rings is 1. The summed E-state index contributed by atoms with van der Waals surface area (Å²) in [5, 5.41) is 5.96. The zero-order chi connectivity index (χ0) is 19.4. The Bertz CT molecular complexity index is 968. The minimum atomic E-state index is -0.223. The van der Waals surface area contributed by atoms with Crippen LogP contribution in [-0.2, 0) is 10.2 Å². The van der Waals surface area contributed by atoms with Gasteiger partial charge in [0.25, 0.3) is 0 Å². The number of carbonyl (C=O) groups excluding carboxylic acids is 1. The maximum Gasteiger partial charge on any atom is 0.250 e. The number of nitrogens with one attached hydrogen (secondary N) is 1. The lowest BCUT2D eigenvalue weighted by atomic mass is 9.86. The number of benzene rings is 2. The summed E-state index contributed by atoms with van der Waals surface area (Å²) in [6, 6.07) is 15.7. The van der Waals surface area contributed by atoms with E-state index in [4.69, 9.17) is 11.6 Å². The Morgan fingerprint density at radius 2 is 1.89 bits per heavy atom. The quantitative estimate of drug-likeness (QED) is 0.517. The number of rotatable bonds is 4. The number of halogens is 1. The van der Waals surface area contributed by atoms with Gasteiger partial charge in [-0.15, -0.1) is 11.3 Å². The molecule has 1 N–H and O–H groups in total. The van der Waals surface area contributed by atoms with Crippen molar-refractivity contribution in [3.63, 3.8) is 0 Å². The number of amides is 1. The summed E-state index contributed by atoms with van der Waals surface area (Å²) >= 11 is 7.35. The average molecular weight is 397 g/mol. The van der Waals surface area contributed by atoms with Crippen LogP contribution in [0.15, 0.2) is 60.0 Å². The van der Waals surface area contributed by atoms with Crippen LogP contribution in [0, 0.1) is 0 Å². The van der Waals surface area contributed by atoms with Gasteiger partial charge < -0.3 is 0 Å². The van der Waals surface area contributed by atoms with Crippen LogP contribution >= 0.6 is 22.9 Å². The third-order valence-corrected chi connectivity index (χ3v) is 5.05. The fraction of sp³-hybridized carbons (Fsp3) is 0.182. The van der Waals surface area contributed by atoms with Crippen molar-refractivity contribution >= 4 is 40.1 Å². The maximum atomic E-state index is 12.1. The van der Waals surface area contributed by atoms with Gasteiger partial charge in [0.2, 0.25) is 5.91 Å². The first-order valence-electron chi connectivity index (χ1n) is 8.62. The summed E-state index contributed by atoms with van der Waals surface area (Å²) in [6.07, 6.45) is 3.20.